The van der Waals surface area contributed by atoms with Crippen LogP contribution in [0.3, 0.4) is 0 Å². The summed E-state index contributed by atoms with van der Waals surface area (Å²) >= 11 is 0. The molecule has 0 amide bonds. The third-order valence-electron chi connectivity index (χ3n) is 4.37. The van der Waals surface area contributed by atoms with Crippen molar-refractivity contribution in [2.24, 2.45) is 0 Å². The van der Waals surface area contributed by atoms with E-state index in [1.807, 2.05) is 30.3 Å². The molecule has 1 aliphatic heterocycles. The fraction of sp³-hybridized carbons (Fsp3) is 0.619. The van der Waals surface area contributed by atoms with E-state index in [-0.39, 0.29) is 31.5 Å². The molecule has 1 heterocycles. The molecule has 0 spiro atoms. The molecule has 2 rings (SSSR count). The molecule has 1 saturated heterocycles. The van der Waals surface area contributed by atoms with E-state index in [9.17, 15) is 9.13 Å². The van der Waals surface area contributed by atoms with Crippen LogP contribution in [0.25, 0.3) is 0 Å². The van der Waals surface area contributed by atoms with Crippen LogP contribution in [0.1, 0.15) is 40.5 Å². The number of ether oxygens (including phenoxy) is 2. The molecule has 182 valence electrons. The van der Waals surface area contributed by atoms with Crippen LogP contribution in [0, 0.1) is 0 Å². The Bertz CT molecular complexity index is 759. The largest absolute Gasteiger partial charge is 0.371 e. The van der Waals surface area contributed by atoms with Crippen LogP contribution in [0.2, 0.25) is 0 Å². The second kappa shape index (κ2) is 13.6. The highest BCUT2D eigenvalue weighted by atomic mass is 31.2. The van der Waals surface area contributed by atoms with Gasteiger partial charge in [0.15, 0.2) is 11.3 Å². The second-order valence-corrected chi connectivity index (χ2v) is 10.9. The summed E-state index contributed by atoms with van der Waals surface area (Å²) in [6, 6.07) is 9.29. The van der Waals surface area contributed by atoms with Gasteiger partial charge in [-0.2, -0.15) is 0 Å². The summed E-state index contributed by atoms with van der Waals surface area (Å²) in [5, 5.41) is 3.14. The van der Waals surface area contributed by atoms with Gasteiger partial charge in [-0.1, -0.05) is 18.2 Å². The van der Waals surface area contributed by atoms with Gasteiger partial charge in [0.25, 0.3) is 0 Å². The van der Waals surface area contributed by atoms with Crippen LogP contribution in [0.5, 0.6) is 0 Å². The molecular weight excluding hydrogens is 456 g/mol. The number of hydrogen-bond donors (Lipinski definition) is 1. The molecule has 0 saturated carbocycles. The molecule has 1 N–H and O–H groups in total. The number of nitrogens with one attached hydrogen (secondary N) is 1. The quantitative estimate of drug-likeness (QED) is 0.298. The summed E-state index contributed by atoms with van der Waals surface area (Å²) in [4.78, 5) is 0. The van der Waals surface area contributed by atoms with Crippen molar-refractivity contribution < 1.29 is 36.7 Å². The number of rotatable bonds is 15. The third-order valence-corrected chi connectivity index (χ3v) is 9.81. The summed E-state index contributed by atoms with van der Waals surface area (Å²) in [5.74, 6) is 0. The van der Waals surface area contributed by atoms with Gasteiger partial charge in [-0.3, -0.25) is 9.13 Å². The monoisotopic (exact) mass is 491 g/mol. The van der Waals surface area contributed by atoms with Gasteiger partial charge in [-0.15, -0.1) is 0 Å². The molecule has 0 atom stereocenters. The minimum atomic E-state index is -4.04. The zero-order valence-corrected chi connectivity index (χ0v) is 21.1. The first-order chi connectivity index (χ1) is 15.4. The topological polar surface area (TPSA) is 102 Å². The third kappa shape index (κ3) is 7.51. The first-order valence-electron chi connectivity index (χ1n) is 11.0. The Morgan fingerprint density at radius 3 is 1.78 bits per heavy atom. The van der Waals surface area contributed by atoms with Gasteiger partial charge in [-0.05, 0) is 46.2 Å². The van der Waals surface area contributed by atoms with Crippen molar-refractivity contribution in [2.45, 2.75) is 46.8 Å². The van der Waals surface area contributed by atoms with Crippen molar-refractivity contribution in [3.63, 3.8) is 0 Å². The minimum absolute atomic E-state index is 0.0898. The van der Waals surface area contributed by atoms with Crippen molar-refractivity contribution in [1.29, 1.82) is 0 Å². The molecule has 1 fully saturated rings. The van der Waals surface area contributed by atoms with E-state index in [4.69, 9.17) is 27.6 Å². The van der Waals surface area contributed by atoms with E-state index >= 15 is 0 Å². The van der Waals surface area contributed by atoms with E-state index in [0.29, 0.717) is 37.4 Å². The average molecular weight is 491 g/mol. The zero-order chi connectivity index (χ0) is 23.5. The predicted molar refractivity (Wildman–Crippen MR) is 124 cm³/mol. The van der Waals surface area contributed by atoms with Crippen LogP contribution in [0.4, 0.5) is 5.69 Å². The summed E-state index contributed by atoms with van der Waals surface area (Å²) in [6.45, 7) is 8.16. The molecule has 32 heavy (non-hydrogen) atoms. The maximum Gasteiger partial charge on any atom is 0.371 e. The lowest BCUT2D eigenvalue weighted by atomic mass is 10.2. The van der Waals surface area contributed by atoms with Gasteiger partial charge in [-0.25, -0.2) is 0 Å². The maximum absolute atomic E-state index is 14.0. The van der Waals surface area contributed by atoms with Gasteiger partial charge in [0.05, 0.1) is 39.6 Å². The van der Waals surface area contributed by atoms with Crippen LogP contribution < -0.4 is 5.32 Å². The number of anilines is 1. The lowest BCUT2D eigenvalue weighted by molar-refractivity contribution is -0.0461. The SMILES string of the molecule is CCOP(=O)(OCC)C(=C(CCC1OCCO1)Nc1ccccc1)P(=O)(OCC)OCC. The Hall–Kier alpha value is -1.02. The molecule has 11 heteroatoms. The van der Waals surface area contributed by atoms with Crippen LogP contribution in [0.15, 0.2) is 41.1 Å². The standard InChI is InChI=1S/C21H35NO8P2/c1-5-27-31(23,28-6-2)21(32(24,29-7-3)30-8-4)19(14-15-20-25-16-17-26-20)22-18-12-10-9-11-13-18/h9-13,20,22H,5-8,14-17H2,1-4H3. The van der Waals surface area contributed by atoms with E-state index in [1.165, 1.54) is 0 Å². The second-order valence-electron chi connectivity index (χ2n) is 6.67. The lowest BCUT2D eigenvalue weighted by Crippen LogP contribution is -2.14. The first-order valence-corrected chi connectivity index (χ1v) is 14.1. The Morgan fingerprint density at radius 1 is 0.875 bits per heavy atom. The van der Waals surface area contributed by atoms with Crippen molar-refractivity contribution in [3.8, 4) is 0 Å². The summed E-state index contributed by atoms with van der Waals surface area (Å²) < 4.78 is 61.5. The number of hydrogen-bond acceptors (Lipinski definition) is 9. The molecule has 0 bridgehead atoms. The maximum atomic E-state index is 14.0. The number of allylic oxidation sites excluding steroid dienone is 1. The highest BCUT2D eigenvalue weighted by Crippen LogP contribution is 2.75. The van der Waals surface area contributed by atoms with Gasteiger partial charge >= 0.3 is 15.2 Å². The van der Waals surface area contributed by atoms with Crippen LogP contribution in [-0.2, 0) is 36.7 Å². The lowest BCUT2D eigenvalue weighted by Gasteiger charge is -2.29. The molecule has 0 radical (unpaired) electrons. The van der Waals surface area contributed by atoms with Gasteiger partial charge in [0.1, 0.15) is 0 Å². The Labute approximate surface area is 190 Å². The van der Waals surface area contributed by atoms with Crippen molar-refractivity contribution in [2.75, 3.05) is 45.0 Å². The average Bonchev–Trinajstić information content (AvgIpc) is 3.27. The molecular formula is C21H35NO8P2. The van der Waals surface area contributed by atoms with Crippen molar-refractivity contribution in [3.05, 3.63) is 41.1 Å². The Kier molecular flexibility index (Phi) is 11.6. The summed E-state index contributed by atoms with van der Waals surface area (Å²) in [5.41, 5.74) is 1.10. The smallest absolute Gasteiger partial charge is 0.358 e. The molecule has 0 unspecified atom stereocenters. The van der Waals surface area contributed by atoms with Gasteiger partial charge in [0.2, 0.25) is 0 Å². The molecule has 1 aromatic carbocycles. The summed E-state index contributed by atoms with van der Waals surface area (Å²) in [6.07, 6.45) is 0.319. The molecule has 1 aromatic rings. The first kappa shape index (κ1) is 27.2. The fourth-order valence-corrected chi connectivity index (χ4v) is 8.13. The predicted octanol–water partition coefficient (Wildman–Crippen LogP) is 5.95. The molecule has 0 aliphatic carbocycles. The summed E-state index contributed by atoms with van der Waals surface area (Å²) in [7, 11) is -8.08. The van der Waals surface area contributed by atoms with Crippen molar-refractivity contribution >= 4 is 20.9 Å². The highest BCUT2D eigenvalue weighted by Gasteiger charge is 2.47. The van der Waals surface area contributed by atoms with Crippen LogP contribution in [-0.4, -0.2) is 45.9 Å². The molecule has 9 nitrogen and oxygen atoms in total. The van der Waals surface area contributed by atoms with E-state index in [1.54, 1.807) is 27.7 Å². The Morgan fingerprint density at radius 2 is 1.34 bits per heavy atom. The molecule has 0 aromatic heterocycles. The fourth-order valence-electron chi connectivity index (χ4n) is 3.24. The zero-order valence-electron chi connectivity index (χ0n) is 19.3. The van der Waals surface area contributed by atoms with E-state index in [2.05, 4.69) is 5.32 Å². The van der Waals surface area contributed by atoms with Crippen LogP contribution >= 0.6 is 15.2 Å². The van der Waals surface area contributed by atoms with Gasteiger partial charge < -0.3 is 32.9 Å². The molecule has 1 aliphatic rings. The highest BCUT2D eigenvalue weighted by molar-refractivity contribution is 7.78. The Balaban J connectivity index is 2.66. The van der Waals surface area contributed by atoms with E-state index < -0.39 is 21.5 Å². The number of para-hydroxylation sites is 1. The van der Waals surface area contributed by atoms with E-state index in [0.717, 1.165) is 0 Å². The van der Waals surface area contributed by atoms with Crippen molar-refractivity contribution in [1.82, 2.24) is 0 Å². The minimum Gasteiger partial charge on any atom is -0.358 e. The number of benzene rings is 1. The van der Waals surface area contributed by atoms with Gasteiger partial charge in [0, 0.05) is 17.8 Å². The normalized spacial score (nSPS) is 15.1.